The van der Waals surface area contributed by atoms with Crippen molar-refractivity contribution in [3.63, 3.8) is 0 Å². The molecule has 1 aliphatic heterocycles. The van der Waals surface area contributed by atoms with Gasteiger partial charge in [0.1, 0.15) is 0 Å². The molecular formula is C10H16N2S3. The van der Waals surface area contributed by atoms with Crippen molar-refractivity contribution in [2.45, 2.75) is 23.5 Å². The van der Waals surface area contributed by atoms with E-state index in [1.54, 1.807) is 11.3 Å². The van der Waals surface area contributed by atoms with E-state index in [0.717, 1.165) is 0 Å². The Hall–Kier alpha value is 0.320. The second kappa shape index (κ2) is 5.59. The van der Waals surface area contributed by atoms with Crippen molar-refractivity contribution in [1.29, 1.82) is 0 Å². The Labute approximate surface area is 103 Å². The first kappa shape index (κ1) is 11.8. The highest BCUT2D eigenvalue weighted by Gasteiger charge is 2.31. The average Bonchev–Trinajstić information content (AvgIpc) is 2.75. The van der Waals surface area contributed by atoms with Crippen LogP contribution in [0.25, 0.3) is 0 Å². The van der Waals surface area contributed by atoms with E-state index in [9.17, 15) is 0 Å². The van der Waals surface area contributed by atoms with Gasteiger partial charge in [-0.05, 0) is 11.4 Å². The van der Waals surface area contributed by atoms with Crippen molar-refractivity contribution in [3.05, 3.63) is 22.4 Å². The van der Waals surface area contributed by atoms with Gasteiger partial charge in [-0.2, -0.15) is 23.5 Å². The highest BCUT2D eigenvalue weighted by molar-refractivity contribution is 8.07. The first-order chi connectivity index (χ1) is 7.33. The summed E-state index contributed by atoms with van der Waals surface area (Å²) in [5.74, 6) is 8.20. The smallest absolute Gasteiger partial charge is 0.0682 e. The molecule has 0 amide bonds. The topological polar surface area (TPSA) is 38.0 Å². The van der Waals surface area contributed by atoms with Gasteiger partial charge in [-0.3, -0.25) is 11.3 Å². The van der Waals surface area contributed by atoms with Gasteiger partial charge in [-0.1, -0.05) is 13.0 Å². The lowest BCUT2D eigenvalue weighted by atomic mass is 10.1. The molecule has 0 aliphatic carbocycles. The van der Waals surface area contributed by atoms with E-state index in [1.165, 1.54) is 16.4 Å². The van der Waals surface area contributed by atoms with E-state index in [0.29, 0.717) is 16.5 Å². The van der Waals surface area contributed by atoms with Crippen molar-refractivity contribution in [3.8, 4) is 0 Å². The molecule has 5 heteroatoms. The largest absolute Gasteiger partial charge is 0.271 e. The van der Waals surface area contributed by atoms with Crippen molar-refractivity contribution >= 4 is 34.9 Å². The fourth-order valence-electron chi connectivity index (χ4n) is 1.82. The number of hydrazine groups is 1. The second-order valence-electron chi connectivity index (χ2n) is 3.57. The fourth-order valence-corrected chi connectivity index (χ4v) is 5.66. The summed E-state index contributed by atoms with van der Waals surface area (Å²) in [5.41, 5.74) is 2.98. The maximum atomic E-state index is 5.69. The van der Waals surface area contributed by atoms with Crippen molar-refractivity contribution in [2.75, 3.05) is 11.5 Å². The molecule has 1 aromatic rings. The van der Waals surface area contributed by atoms with Crippen LogP contribution in [-0.2, 0) is 0 Å². The first-order valence-electron chi connectivity index (χ1n) is 5.05. The van der Waals surface area contributed by atoms with Crippen molar-refractivity contribution in [1.82, 2.24) is 5.43 Å². The quantitative estimate of drug-likeness (QED) is 0.647. The summed E-state index contributed by atoms with van der Waals surface area (Å²) in [6, 6.07) is 4.56. The van der Waals surface area contributed by atoms with Gasteiger partial charge < -0.3 is 0 Å². The van der Waals surface area contributed by atoms with Crippen LogP contribution in [0.15, 0.2) is 17.5 Å². The van der Waals surface area contributed by atoms with Crippen LogP contribution in [0.1, 0.15) is 17.8 Å². The van der Waals surface area contributed by atoms with E-state index >= 15 is 0 Å². The fraction of sp³-hybridized carbons (Fsp3) is 0.600. The summed E-state index contributed by atoms with van der Waals surface area (Å²) in [6.45, 7) is 2.31. The summed E-state index contributed by atoms with van der Waals surface area (Å²) in [5, 5.41) is 3.38. The minimum Gasteiger partial charge on any atom is -0.271 e. The molecule has 84 valence electrons. The van der Waals surface area contributed by atoms with Crippen molar-refractivity contribution < 1.29 is 0 Å². The maximum absolute atomic E-state index is 5.69. The van der Waals surface area contributed by atoms with E-state index in [-0.39, 0.29) is 0 Å². The minimum absolute atomic E-state index is 0.304. The molecule has 1 aliphatic rings. The maximum Gasteiger partial charge on any atom is 0.0682 e. The van der Waals surface area contributed by atoms with Crippen LogP contribution < -0.4 is 11.3 Å². The van der Waals surface area contributed by atoms with E-state index < -0.39 is 0 Å². The lowest BCUT2D eigenvalue weighted by molar-refractivity contribution is 0.535. The highest BCUT2D eigenvalue weighted by Crippen LogP contribution is 2.39. The number of thioether (sulfide) groups is 2. The van der Waals surface area contributed by atoms with Crippen LogP contribution in [0, 0.1) is 0 Å². The van der Waals surface area contributed by atoms with Gasteiger partial charge in [0.15, 0.2) is 0 Å². The molecule has 0 saturated carbocycles. The molecule has 15 heavy (non-hydrogen) atoms. The van der Waals surface area contributed by atoms with Gasteiger partial charge >= 0.3 is 0 Å². The van der Waals surface area contributed by atoms with Crippen LogP contribution in [0.2, 0.25) is 0 Å². The number of nitrogens with one attached hydrogen (secondary N) is 1. The Morgan fingerprint density at radius 3 is 2.87 bits per heavy atom. The summed E-state index contributed by atoms with van der Waals surface area (Å²) >= 11 is 5.89. The zero-order chi connectivity index (χ0) is 10.7. The number of hydrogen-bond acceptors (Lipinski definition) is 5. The standard InChI is InChI=1S/C10H16N2S3/c1-7-10(15-6-5-13-7)9(12-11)8-3-2-4-14-8/h2-4,7,9-10,12H,5-6,11H2,1H3. The molecular weight excluding hydrogens is 244 g/mol. The minimum atomic E-state index is 0.304. The van der Waals surface area contributed by atoms with Crippen molar-refractivity contribution in [2.24, 2.45) is 5.84 Å². The Bertz CT molecular complexity index is 289. The van der Waals surface area contributed by atoms with Gasteiger partial charge in [-0.25, -0.2) is 0 Å². The molecule has 1 aromatic heterocycles. The molecule has 3 atom stereocenters. The number of nitrogens with two attached hydrogens (primary N) is 1. The number of rotatable bonds is 3. The molecule has 3 unspecified atom stereocenters. The molecule has 0 radical (unpaired) electrons. The lowest BCUT2D eigenvalue weighted by Gasteiger charge is -2.33. The predicted octanol–water partition coefficient (Wildman–Crippen LogP) is 2.49. The average molecular weight is 260 g/mol. The summed E-state index contributed by atoms with van der Waals surface area (Å²) in [4.78, 5) is 1.35. The Balaban J connectivity index is 2.11. The predicted molar refractivity (Wildman–Crippen MR) is 72.5 cm³/mol. The molecule has 0 bridgehead atoms. The summed E-state index contributed by atoms with van der Waals surface area (Å²) in [6.07, 6.45) is 0. The summed E-state index contributed by atoms with van der Waals surface area (Å²) in [7, 11) is 0. The van der Waals surface area contributed by atoms with Crippen LogP contribution in [0.3, 0.4) is 0 Å². The van der Waals surface area contributed by atoms with Gasteiger partial charge in [0, 0.05) is 26.9 Å². The Morgan fingerprint density at radius 2 is 2.27 bits per heavy atom. The zero-order valence-corrected chi connectivity index (χ0v) is 11.1. The number of thiophene rings is 1. The monoisotopic (exact) mass is 260 g/mol. The molecule has 1 saturated heterocycles. The van der Waals surface area contributed by atoms with E-state index in [2.05, 4.69) is 41.6 Å². The second-order valence-corrected chi connectivity index (χ2v) is 7.32. The van der Waals surface area contributed by atoms with E-state index in [4.69, 9.17) is 5.84 Å². The van der Waals surface area contributed by atoms with Gasteiger partial charge in [0.05, 0.1) is 6.04 Å². The zero-order valence-electron chi connectivity index (χ0n) is 8.68. The molecule has 2 rings (SSSR count). The van der Waals surface area contributed by atoms with Gasteiger partial charge in [-0.15, -0.1) is 11.3 Å². The van der Waals surface area contributed by atoms with Crippen LogP contribution in [-0.4, -0.2) is 22.0 Å². The molecule has 1 fully saturated rings. The SMILES string of the molecule is CC1SCCSC1C(NN)c1cccs1. The molecule has 0 spiro atoms. The summed E-state index contributed by atoms with van der Waals surface area (Å²) < 4.78 is 0. The molecule has 2 heterocycles. The Kier molecular flexibility index (Phi) is 4.40. The first-order valence-corrected chi connectivity index (χ1v) is 8.03. The normalized spacial score (nSPS) is 28.9. The molecule has 3 N–H and O–H groups in total. The third-order valence-electron chi connectivity index (χ3n) is 2.59. The van der Waals surface area contributed by atoms with E-state index in [1.807, 2.05) is 11.8 Å². The van der Waals surface area contributed by atoms with Gasteiger partial charge in [0.25, 0.3) is 0 Å². The van der Waals surface area contributed by atoms with Crippen LogP contribution >= 0.6 is 34.9 Å². The molecule has 2 nitrogen and oxygen atoms in total. The van der Waals surface area contributed by atoms with Crippen LogP contribution in [0.5, 0.6) is 0 Å². The lowest BCUT2D eigenvalue weighted by Crippen LogP contribution is -2.40. The number of hydrogen-bond donors (Lipinski definition) is 2. The third kappa shape index (κ3) is 2.71. The third-order valence-corrected chi connectivity index (χ3v) is 6.74. The molecule has 0 aromatic carbocycles. The van der Waals surface area contributed by atoms with Gasteiger partial charge in [0.2, 0.25) is 0 Å². The highest BCUT2D eigenvalue weighted by atomic mass is 32.2. The van der Waals surface area contributed by atoms with Crippen LogP contribution in [0.4, 0.5) is 0 Å². The Morgan fingerprint density at radius 1 is 1.47 bits per heavy atom.